The summed E-state index contributed by atoms with van der Waals surface area (Å²) >= 11 is 14.2. The molecule has 4 aliphatic rings. The van der Waals surface area contributed by atoms with Crippen molar-refractivity contribution in [2.45, 2.75) is 22.6 Å². The van der Waals surface area contributed by atoms with Crippen LogP contribution in [0.15, 0.2) is 60.2 Å². The molecule has 6 atom stereocenters. The van der Waals surface area contributed by atoms with E-state index in [9.17, 15) is 34.2 Å². The number of anilines is 1. The normalized spacial score (nSPS) is 31.7. The largest absolute Gasteiger partial charge is 0.504 e. The van der Waals surface area contributed by atoms with Gasteiger partial charge in [-0.05, 0) is 54.7 Å². The lowest BCUT2D eigenvalue weighted by Crippen LogP contribution is -2.60. The van der Waals surface area contributed by atoms with Gasteiger partial charge in [-0.25, -0.2) is 4.79 Å². The van der Waals surface area contributed by atoms with Crippen molar-refractivity contribution in [3.63, 3.8) is 0 Å². The van der Waals surface area contributed by atoms with E-state index in [1.165, 1.54) is 44.5 Å². The Morgan fingerprint density at radius 3 is 2.49 bits per heavy atom. The van der Waals surface area contributed by atoms with Crippen molar-refractivity contribution in [3.8, 4) is 11.5 Å². The van der Waals surface area contributed by atoms with E-state index in [2.05, 4.69) is 0 Å². The van der Waals surface area contributed by atoms with Crippen molar-refractivity contribution < 1.29 is 38.9 Å². The van der Waals surface area contributed by atoms with Gasteiger partial charge in [-0.3, -0.25) is 29.0 Å². The number of halogens is 2. The summed E-state index contributed by atoms with van der Waals surface area (Å²) in [6.07, 6.45) is 5.16. The summed E-state index contributed by atoms with van der Waals surface area (Å²) in [5, 5.41) is 19.4. The molecular formula is C31H26Cl2N2O8. The number of methoxy groups -OCH3 is 1. The van der Waals surface area contributed by atoms with Gasteiger partial charge in [0.2, 0.25) is 11.8 Å². The number of aromatic carboxylic acids is 1. The third-order valence-corrected chi connectivity index (χ3v) is 10.5. The highest BCUT2D eigenvalue weighted by Crippen LogP contribution is 2.63. The highest BCUT2D eigenvalue weighted by Gasteiger charge is 2.75. The summed E-state index contributed by atoms with van der Waals surface area (Å²) < 4.78 is 5.20. The molecule has 2 saturated heterocycles. The number of carbonyl (C=O) groups is 5. The second kappa shape index (κ2) is 9.96. The molecule has 2 aliphatic heterocycles. The smallest absolute Gasteiger partial charge is 0.335 e. The number of phenolic OH excluding ortho intramolecular Hbond substituents is 1. The Morgan fingerprint density at radius 1 is 1.05 bits per heavy atom. The quantitative estimate of drug-likeness (QED) is 0.290. The Hall–Kier alpha value is -4.15. The summed E-state index contributed by atoms with van der Waals surface area (Å²) in [7, 11) is 2.72. The Bertz CT molecular complexity index is 1690. The number of carboxylic acid groups (broad SMARTS) is 1. The highest BCUT2D eigenvalue weighted by atomic mass is 35.5. The average Bonchev–Trinajstić information content (AvgIpc) is 3.32. The van der Waals surface area contributed by atoms with Crippen LogP contribution < -0.4 is 9.64 Å². The molecule has 12 heteroatoms. The van der Waals surface area contributed by atoms with Crippen LogP contribution in [-0.4, -0.2) is 68.6 Å². The third-order valence-electron chi connectivity index (χ3n) is 9.11. The van der Waals surface area contributed by atoms with Crippen molar-refractivity contribution in [2.24, 2.45) is 23.7 Å². The molecular weight excluding hydrogens is 599 g/mol. The molecule has 222 valence electrons. The first kappa shape index (κ1) is 28.9. The van der Waals surface area contributed by atoms with Crippen LogP contribution in [0.4, 0.5) is 5.69 Å². The fraction of sp³-hybridized carbons (Fsp3) is 0.323. The summed E-state index contributed by atoms with van der Waals surface area (Å²) in [4.78, 5) is 64.4. The first-order chi connectivity index (χ1) is 20.3. The molecule has 2 aromatic carbocycles. The number of allylic oxidation sites excluding steroid dienone is 3. The van der Waals surface area contributed by atoms with Crippen LogP contribution in [0.1, 0.15) is 28.8 Å². The number of ether oxygens (including phenoxy) is 1. The zero-order valence-corrected chi connectivity index (χ0v) is 24.5. The van der Waals surface area contributed by atoms with Gasteiger partial charge in [0.25, 0.3) is 11.8 Å². The monoisotopic (exact) mass is 624 g/mol. The van der Waals surface area contributed by atoms with Crippen LogP contribution in [-0.2, 0) is 19.2 Å². The van der Waals surface area contributed by atoms with Crippen LogP contribution in [0.2, 0.25) is 0 Å². The van der Waals surface area contributed by atoms with Gasteiger partial charge in [0.1, 0.15) is 0 Å². The molecule has 0 spiro atoms. The number of amides is 4. The maximum Gasteiger partial charge on any atom is 0.335 e. The SMILES string of the molecule is COc1cc(C=CC2C3=CCC4C(=O)N(c5cccc(C(=O)O)c5)C(=O)C4C3CC3(Cl)C(=O)N(C)C(=O)C23Cl)ccc1O. The fourth-order valence-electron chi connectivity index (χ4n) is 7.03. The van der Waals surface area contributed by atoms with Crippen molar-refractivity contribution in [3.05, 3.63) is 71.3 Å². The second-order valence-electron chi connectivity index (χ2n) is 11.2. The number of carbonyl (C=O) groups excluding carboxylic acids is 4. The van der Waals surface area contributed by atoms with Crippen molar-refractivity contribution in [2.75, 3.05) is 19.1 Å². The molecule has 1 saturated carbocycles. The van der Waals surface area contributed by atoms with E-state index in [1.54, 1.807) is 30.4 Å². The lowest BCUT2D eigenvalue weighted by Gasteiger charge is -2.49. The maximum absolute atomic E-state index is 14.0. The number of hydrogen-bond donors (Lipinski definition) is 2. The lowest BCUT2D eigenvalue weighted by atomic mass is 9.57. The van der Waals surface area contributed by atoms with Crippen molar-refractivity contribution in [1.29, 1.82) is 0 Å². The number of benzene rings is 2. The Morgan fingerprint density at radius 2 is 1.79 bits per heavy atom. The summed E-state index contributed by atoms with van der Waals surface area (Å²) in [5.74, 6) is -6.73. The molecule has 2 aromatic rings. The Balaban J connectivity index is 1.45. The fourth-order valence-corrected chi connectivity index (χ4v) is 8.00. The van der Waals surface area contributed by atoms with Crippen molar-refractivity contribution in [1.82, 2.24) is 4.90 Å². The Labute approximate surface area is 256 Å². The summed E-state index contributed by atoms with van der Waals surface area (Å²) in [6.45, 7) is 0. The standard InChI is InChI=1S/C31H26Cl2N2O8/c1-34-28(41)30(32)14-20-18(21(31(30,33)29(34)42)10-6-15-7-11-22(36)23(12-15)43-2)8-9-19-24(20)26(38)35(25(19)37)17-5-3-4-16(13-17)27(39)40/h3-8,10-13,19-21,24,36H,9,14H2,1-2H3,(H,39,40). The number of likely N-dealkylation sites (tertiary alicyclic amines) is 1. The van der Waals surface area contributed by atoms with Gasteiger partial charge >= 0.3 is 5.97 Å². The van der Waals surface area contributed by atoms with E-state index >= 15 is 0 Å². The van der Waals surface area contributed by atoms with Gasteiger partial charge in [-0.15, -0.1) is 23.2 Å². The number of imide groups is 2. The molecule has 2 heterocycles. The van der Waals surface area contributed by atoms with Crippen molar-refractivity contribution >= 4 is 64.6 Å². The molecule has 2 aliphatic carbocycles. The van der Waals surface area contributed by atoms with Gasteiger partial charge < -0.3 is 14.9 Å². The first-order valence-corrected chi connectivity index (χ1v) is 14.3. The first-order valence-electron chi connectivity index (χ1n) is 13.5. The van der Waals surface area contributed by atoms with E-state index < -0.39 is 63.0 Å². The Kier molecular flexibility index (Phi) is 6.70. The molecule has 6 rings (SSSR count). The molecule has 0 aromatic heterocycles. The lowest BCUT2D eigenvalue weighted by molar-refractivity contribution is -0.138. The molecule has 2 N–H and O–H groups in total. The predicted molar refractivity (Wildman–Crippen MR) is 156 cm³/mol. The molecule has 4 amide bonds. The minimum absolute atomic E-state index is 0.0620. The van der Waals surface area contributed by atoms with Gasteiger partial charge in [0, 0.05) is 13.0 Å². The third kappa shape index (κ3) is 3.96. The van der Waals surface area contributed by atoms with E-state index in [0.29, 0.717) is 11.1 Å². The molecule has 43 heavy (non-hydrogen) atoms. The number of fused-ring (bicyclic) bond motifs is 4. The number of aromatic hydroxyl groups is 1. The van der Waals surface area contributed by atoms with Crippen LogP contribution in [0.3, 0.4) is 0 Å². The highest BCUT2D eigenvalue weighted by molar-refractivity contribution is 6.53. The van der Waals surface area contributed by atoms with E-state index in [1.807, 2.05) is 0 Å². The molecule has 0 radical (unpaired) electrons. The predicted octanol–water partition coefficient (Wildman–Crippen LogP) is 3.84. The van der Waals surface area contributed by atoms with E-state index in [0.717, 1.165) is 9.80 Å². The second-order valence-corrected chi connectivity index (χ2v) is 12.4. The number of alkyl halides is 2. The van der Waals surface area contributed by atoms with E-state index in [-0.39, 0.29) is 35.6 Å². The van der Waals surface area contributed by atoms with Gasteiger partial charge in [0.15, 0.2) is 21.2 Å². The molecule has 3 fully saturated rings. The van der Waals surface area contributed by atoms with Crippen LogP contribution in [0, 0.1) is 23.7 Å². The van der Waals surface area contributed by atoms with Gasteiger partial charge in [0.05, 0.1) is 30.2 Å². The minimum atomic E-state index is -1.91. The molecule has 0 bridgehead atoms. The molecule has 10 nitrogen and oxygen atoms in total. The number of rotatable bonds is 5. The zero-order chi connectivity index (χ0) is 31.0. The minimum Gasteiger partial charge on any atom is -0.504 e. The topological polar surface area (TPSA) is 142 Å². The number of nitrogens with zero attached hydrogens (tertiary/aromatic N) is 2. The summed E-state index contributed by atoms with van der Waals surface area (Å²) in [5.41, 5.74) is 1.28. The van der Waals surface area contributed by atoms with E-state index in [4.69, 9.17) is 27.9 Å². The number of hydrogen-bond acceptors (Lipinski definition) is 7. The maximum atomic E-state index is 14.0. The number of phenols is 1. The molecule has 6 unspecified atom stereocenters. The summed E-state index contributed by atoms with van der Waals surface area (Å²) in [6, 6.07) is 10.2. The van der Waals surface area contributed by atoms with Gasteiger partial charge in [-0.2, -0.15) is 0 Å². The van der Waals surface area contributed by atoms with Gasteiger partial charge in [-0.1, -0.05) is 35.9 Å². The average molecular weight is 625 g/mol. The van der Waals surface area contributed by atoms with Crippen LogP contribution >= 0.6 is 23.2 Å². The number of carboxylic acids is 1. The van der Waals surface area contributed by atoms with Crippen LogP contribution in [0.5, 0.6) is 11.5 Å². The van der Waals surface area contributed by atoms with Crippen LogP contribution in [0.25, 0.3) is 6.08 Å². The zero-order valence-electron chi connectivity index (χ0n) is 23.0.